The van der Waals surface area contributed by atoms with Crippen LogP contribution in [0.1, 0.15) is 86.0 Å². The molecule has 14 heteroatoms. The molecule has 3 amide bonds. The maximum atomic E-state index is 12.4. The van der Waals surface area contributed by atoms with E-state index in [0.29, 0.717) is 51.8 Å². The van der Waals surface area contributed by atoms with Gasteiger partial charge >= 0.3 is 8.60 Å². The number of quaternary nitrogens is 2. The van der Waals surface area contributed by atoms with Crippen LogP contribution in [0.25, 0.3) is 0 Å². The van der Waals surface area contributed by atoms with Crippen molar-refractivity contribution in [2.45, 2.75) is 98.1 Å². The molecule has 3 atom stereocenters. The lowest BCUT2D eigenvalue weighted by Gasteiger charge is -2.23. The van der Waals surface area contributed by atoms with E-state index in [1.54, 1.807) is 0 Å². The molecule has 0 radical (unpaired) electrons. The highest BCUT2D eigenvalue weighted by Crippen LogP contribution is 2.31. The fourth-order valence-corrected chi connectivity index (χ4v) is 4.02. The van der Waals surface area contributed by atoms with Gasteiger partial charge in [0.05, 0.1) is 68.6 Å². The van der Waals surface area contributed by atoms with Crippen LogP contribution in [0.4, 0.5) is 0 Å². The first-order valence-corrected chi connectivity index (χ1v) is 18.4. The molecule has 0 spiro atoms. The van der Waals surface area contributed by atoms with E-state index < -0.39 is 14.6 Å². The van der Waals surface area contributed by atoms with Crippen molar-refractivity contribution in [3.8, 4) is 0 Å². The zero-order valence-electron chi connectivity index (χ0n) is 32.5. The zero-order valence-corrected chi connectivity index (χ0v) is 33.4. The average molecular weight is 702 g/mol. The molecule has 0 aromatic rings. The van der Waals surface area contributed by atoms with E-state index in [2.05, 4.69) is 69.7 Å². The molecule has 13 nitrogen and oxygen atoms in total. The summed E-state index contributed by atoms with van der Waals surface area (Å²) in [5.74, 6) is -0.209. The maximum absolute atomic E-state index is 12.4. The number of carbonyl (C=O) groups is 3. The van der Waals surface area contributed by atoms with Crippen molar-refractivity contribution in [2.75, 3.05) is 103 Å². The number of nitrogens with one attached hydrogen (secondary N) is 3. The zero-order chi connectivity index (χ0) is 37.2. The lowest BCUT2D eigenvalue weighted by atomic mass is 10.1. The third kappa shape index (κ3) is 42.5. The van der Waals surface area contributed by atoms with Crippen LogP contribution in [0.3, 0.4) is 0 Å². The highest BCUT2D eigenvalue weighted by Gasteiger charge is 2.17. The first kappa shape index (κ1) is 52.4. The molecule has 0 aromatic heterocycles. The first-order valence-electron chi connectivity index (χ1n) is 17.3. The molecule has 0 aliphatic carbocycles. The van der Waals surface area contributed by atoms with Crippen LogP contribution in [0.15, 0.2) is 0 Å². The van der Waals surface area contributed by atoms with Gasteiger partial charge in [-0.15, -0.1) is 0 Å². The van der Waals surface area contributed by atoms with Crippen molar-refractivity contribution in [1.29, 1.82) is 0 Å². The Hall–Kier alpha value is -1.44. The Morgan fingerprint density at radius 1 is 0.830 bits per heavy atom. The number of amides is 3. The van der Waals surface area contributed by atoms with E-state index in [0.717, 1.165) is 28.4 Å². The second-order valence-corrected chi connectivity index (χ2v) is 13.6. The van der Waals surface area contributed by atoms with E-state index in [9.17, 15) is 19.3 Å². The van der Waals surface area contributed by atoms with Gasteiger partial charge in [-0.1, -0.05) is 41.0 Å². The largest absolute Gasteiger partial charge is 0.379 e. The second-order valence-electron chi connectivity index (χ2n) is 12.5. The summed E-state index contributed by atoms with van der Waals surface area (Å²) >= 11 is 0. The number of hydrogen-bond acceptors (Lipinski definition) is 8. The second kappa shape index (κ2) is 35.9. The lowest BCUT2D eigenvalue weighted by Crippen LogP contribution is -2.44. The topological polar surface area (TPSA) is 144 Å². The average Bonchev–Trinajstić information content (AvgIpc) is 3.03. The van der Waals surface area contributed by atoms with Crippen molar-refractivity contribution in [3.05, 3.63) is 0 Å². The summed E-state index contributed by atoms with van der Waals surface area (Å²) in [5.41, 5.74) is 0. The van der Waals surface area contributed by atoms with Crippen molar-refractivity contribution in [2.24, 2.45) is 0 Å². The molecular formula is C33H76N5O8P+2. The molecule has 0 fully saturated rings. The van der Waals surface area contributed by atoms with Gasteiger partial charge < -0.3 is 48.3 Å². The third-order valence-electron chi connectivity index (χ3n) is 6.17. The molecule has 3 unspecified atom stereocenters. The van der Waals surface area contributed by atoms with Crippen LogP contribution in [0, 0.1) is 0 Å². The number of unbranched alkanes of at least 4 members (excludes halogenated alkanes) is 2. The van der Waals surface area contributed by atoms with Gasteiger partial charge in [-0.05, 0) is 32.1 Å². The normalized spacial score (nSPS) is 12.8. The predicted molar refractivity (Wildman–Crippen MR) is 194 cm³/mol. The van der Waals surface area contributed by atoms with E-state index in [1.165, 1.54) is 33.6 Å². The molecule has 4 N–H and O–H groups in total. The Kier molecular flexibility index (Phi) is 40.0. The highest BCUT2D eigenvalue weighted by atomic mass is 31.2. The van der Waals surface area contributed by atoms with Crippen LogP contribution in [-0.2, 0) is 32.9 Å². The van der Waals surface area contributed by atoms with Crippen molar-refractivity contribution in [1.82, 2.24) is 16.0 Å². The summed E-state index contributed by atoms with van der Waals surface area (Å²) < 4.78 is 22.4. The van der Waals surface area contributed by atoms with Gasteiger partial charge in [0.1, 0.15) is 12.1 Å². The molecule has 0 rings (SSSR count). The smallest absolute Gasteiger partial charge is 0.329 e. The van der Waals surface area contributed by atoms with Gasteiger partial charge in [-0.25, -0.2) is 0 Å². The SMILES string of the molecule is CC.CC.CCCC[N+](C)(C)C.COC(COCCCNC(=O)C(CCCCNC(=O)CCC[N+](C)(C)C)NC=O)COP(O)OC. The molecule has 0 saturated heterocycles. The van der Waals surface area contributed by atoms with Crippen molar-refractivity contribution >= 4 is 26.8 Å². The van der Waals surface area contributed by atoms with Gasteiger partial charge in [0.25, 0.3) is 0 Å². The lowest BCUT2D eigenvalue weighted by molar-refractivity contribution is -0.870. The van der Waals surface area contributed by atoms with Gasteiger partial charge in [0.15, 0.2) is 0 Å². The van der Waals surface area contributed by atoms with Crippen LogP contribution < -0.4 is 16.0 Å². The third-order valence-corrected chi connectivity index (χ3v) is 6.85. The molecule has 0 saturated carbocycles. The molecule has 0 aromatic carbocycles. The molecular weight excluding hydrogens is 625 g/mol. The number of carbonyl (C=O) groups excluding carboxylic acids is 3. The minimum Gasteiger partial charge on any atom is -0.379 e. The van der Waals surface area contributed by atoms with Gasteiger partial charge in [-0.3, -0.25) is 14.4 Å². The Labute approximate surface area is 290 Å². The summed E-state index contributed by atoms with van der Waals surface area (Å²) in [6.45, 7) is 14.2. The van der Waals surface area contributed by atoms with Crippen molar-refractivity contribution < 1.29 is 46.8 Å². The van der Waals surface area contributed by atoms with E-state index in [1.807, 2.05) is 27.7 Å². The minimum absolute atomic E-state index is 0.0405. The van der Waals surface area contributed by atoms with Crippen LogP contribution in [0.2, 0.25) is 0 Å². The van der Waals surface area contributed by atoms with Crippen LogP contribution in [-0.4, -0.2) is 147 Å². The maximum Gasteiger partial charge on any atom is 0.329 e. The van der Waals surface area contributed by atoms with Crippen molar-refractivity contribution in [3.63, 3.8) is 0 Å². The van der Waals surface area contributed by atoms with E-state index in [-0.39, 0.29) is 31.1 Å². The molecule has 0 bridgehead atoms. The van der Waals surface area contributed by atoms with Gasteiger partial charge in [0.2, 0.25) is 18.2 Å². The quantitative estimate of drug-likeness (QED) is 0.0461. The Balaban J connectivity index is -0.000000657. The van der Waals surface area contributed by atoms with E-state index >= 15 is 0 Å². The molecule has 47 heavy (non-hydrogen) atoms. The molecule has 284 valence electrons. The fraction of sp³-hybridized carbons (Fsp3) is 0.909. The number of nitrogens with zero attached hydrogens (tertiary/aromatic N) is 2. The fourth-order valence-electron chi connectivity index (χ4n) is 3.62. The number of methoxy groups -OCH3 is 1. The number of ether oxygens (including phenoxy) is 2. The van der Waals surface area contributed by atoms with Gasteiger partial charge in [0, 0.05) is 46.8 Å². The minimum atomic E-state index is -1.91. The highest BCUT2D eigenvalue weighted by molar-refractivity contribution is 7.40. The van der Waals surface area contributed by atoms with Crippen LogP contribution >= 0.6 is 8.60 Å². The number of rotatable bonds is 26. The predicted octanol–water partition coefficient (Wildman–Crippen LogP) is 3.84. The van der Waals surface area contributed by atoms with E-state index in [4.69, 9.17) is 14.0 Å². The summed E-state index contributed by atoms with van der Waals surface area (Å²) in [4.78, 5) is 44.4. The Morgan fingerprint density at radius 3 is 1.89 bits per heavy atom. The monoisotopic (exact) mass is 702 g/mol. The summed E-state index contributed by atoms with van der Waals surface area (Å²) in [6.07, 6.45) is 6.69. The Bertz CT molecular complexity index is 709. The molecule has 0 aliphatic heterocycles. The van der Waals surface area contributed by atoms with Crippen LogP contribution in [0.5, 0.6) is 0 Å². The Morgan fingerprint density at radius 2 is 1.40 bits per heavy atom. The number of hydrogen-bond donors (Lipinski definition) is 4. The molecule has 0 heterocycles. The summed E-state index contributed by atoms with van der Waals surface area (Å²) in [7, 11) is 13.9. The first-order chi connectivity index (χ1) is 22.2. The van der Waals surface area contributed by atoms with Gasteiger partial charge in [-0.2, -0.15) is 0 Å². The summed E-state index contributed by atoms with van der Waals surface area (Å²) in [6, 6.07) is -0.613. The standard InChI is InChI=1S/C22H45N4O8P.C7H18N.2C2H6/c1-26(2,3)14-8-11-21(28)23-12-7-6-10-20(25-18-27)22(29)24-13-9-15-33-16-19(31-4)17-34-35(30)32-5;1-5-6-7-8(2,3)4;2*1-2/h18-20,30H,6-17H2,1-5H3,(H2-,23,24,25,27,28,29);5-7H2,1-4H3;2*1-2H3/q;+1;;/p+1. The molecule has 0 aliphatic rings. The summed E-state index contributed by atoms with van der Waals surface area (Å²) in [5, 5.41) is 8.25.